The van der Waals surface area contributed by atoms with Crippen molar-refractivity contribution in [1.29, 1.82) is 0 Å². The molecule has 1 rings (SSSR count). The highest BCUT2D eigenvalue weighted by atomic mass is 19.1. The van der Waals surface area contributed by atoms with Crippen LogP contribution in [0.3, 0.4) is 0 Å². The minimum absolute atomic E-state index is 0.307. The number of benzene rings is 1. The van der Waals surface area contributed by atoms with Gasteiger partial charge in [-0.05, 0) is 24.6 Å². The van der Waals surface area contributed by atoms with Crippen molar-refractivity contribution in [2.75, 3.05) is 13.3 Å². The van der Waals surface area contributed by atoms with Gasteiger partial charge in [-0.1, -0.05) is 12.1 Å². The van der Waals surface area contributed by atoms with Crippen molar-refractivity contribution in [3.8, 4) is 5.75 Å². The van der Waals surface area contributed by atoms with Gasteiger partial charge in [0.2, 0.25) is 0 Å². The second-order valence-corrected chi connectivity index (χ2v) is 3.76. The third-order valence-electron chi connectivity index (χ3n) is 2.27. The van der Waals surface area contributed by atoms with E-state index in [-0.39, 0.29) is 12.7 Å². The molecule has 16 heavy (non-hydrogen) atoms. The molecule has 90 valence electrons. The Labute approximate surface area is 95.0 Å². The highest BCUT2D eigenvalue weighted by Gasteiger charge is 2.11. The molecule has 3 nitrogen and oxygen atoms in total. The fourth-order valence-electron chi connectivity index (χ4n) is 1.31. The smallest absolute Gasteiger partial charge is 0.119 e. The molecule has 0 radical (unpaired) electrons. The van der Waals surface area contributed by atoms with Crippen molar-refractivity contribution in [2.45, 2.75) is 25.5 Å². The van der Waals surface area contributed by atoms with Crippen LogP contribution in [0.2, 0.25) is 0 Å². The Hall–Kier alpha value is -1.13. The first kappa shape index (κ1) is 12.9. The van der Waals surface area contributed by atoms with Crippen LogP contribution < -0.4 is 10.5 Å². The summed E-state index contributed by atoms with van der Waals surface area (Å²) in [6.07, 6.45) is -0.274. The Morgan fingerprint density at radius 1 is 1.38 bits per heavy atom. The number of halogens is 1. The lowest BCUT2D eigenvalue weighted by molar-refractivity contribution is 0.153. The molecule has 0 saturated heterocycles. The molecule has 0 fully saturated rings. The van der Waals surface area contributed by atoms with Crippen molar-refractivity contribution in [1.82, 2.24) is 0 Å². The zero-order chi connectivity index (χ0) is 12.0. The second kappa shape index (κ2) is 6.45. The number of hydrogen-bond donors (Lipinski definition) is 2. The van der Waals surface area contributed by atoms with Crippen LogP contribution >= 0.6 is 0 Å². The summed E-state index contributed by atoms with van der Waals surface area (Å²) in [5, 5.41) is 9.69. The zero-order valence-corrected chi connectivity index (χ0v) is 9.40. The average Bonchev–Trinajstić information content (AvgIpc) is 2.29. The number of ether oxygens (including phenoxy) is 1. The standard InChI is InChI=1S/C12H18FNO2/c1-9(14)12(15)10-3-5-11(6-4-10)16-8-2-7-13/h3-6,9,12,15H,2,7-8,14H2,1H3. The number of hydrogen-bond acceptors (Lipinski definition) is 3. The van der Waals surface area contributed by atoms with Crippen LogP contribution in [-0.4, -0.2) is 24.4 Å². The van der Waals surface area contributed by atoms with E-state index in [4.69, 9.17) is 10.5 Å². The summed E-state index contributed by atoms with van der Waals surface area (Å²) < 4.78 is 17.1. The molecule has 0 saturated carbocycles. The summed E-state index contributed by atoms with van der Waals surface area (Å²) in [7, 11) is 0. The molecule has 2 unspecified atom stereocenters. The predicted octanol–water partition coefficient (Wildman–Crippen LogP) is 1.81. The first-order valence-corrected chi connectivity index (χ1v) is 5.37. The van der Waals surface area contributed by atoms with Gasteiger partial charge in [0.15, 0.2) is 0 Å². The summed E-state index contributed by atoms with van der Waals surface area (Å²) in [5.74, 6) is 0.675. The van der Waals surface area contributed by atoms with Gasteiger partial charge >= 0.3 is 0 Å². The Balaban J connectivity index is 2.54. The maximum absolute atomic E-state index is 11.8. The molecule has 0 aromatic heterocycles. The molecule has 0 spiro atoms. The highest BCUT2D eigenvalue weighted by Crippen LogP contribution is 2.19. The molecule has 0 aliphatic heterocycles. The lowest BCUT2D eigenvalue weighted by Gasteiger charge is -2.15. The number of nitrogens with two attached hydrogens (primary N) is 1. The van der Waals surface area contributed by atoms with Crippen molar-refractivity contribution in [3.05, 3.63) is 29.8 Å². The van der Waals surface area contributed by atoms with E-state index in [0.29, 0.717) is 18.8 Å². The van der Waals surface area contributed by atoms with E-state index in [2.05, 4.69) is 0 Å². The van der Waals surface area contributed by atoms with E-state index in [1.54, 1.807) is 31.2 Å². The van der Waals surface area contributed by atoms with Crippen molar-refractivity contribution < 1.29 is 14.2 Å². The summed E-state index contributed by atoms with van der Waals surface area (Å²) in [6, 6.07) is 6.72. The predicted molar refractivity (Wildman–Crippen MR) is 61.1 cm³/mol. The normalized spacial score (nSPS) is 14.5. The third kappa shape index (κ3) is 3.79. The Bertz CT molecular complexity index is 300. The van der Waals surface area contributed by atoms with Crippen LogP contribution in [0.25, 0.3) is 0 Å². The molecule has 0 bridgehead atoms. The molecule has 2 atom stereocenters. The number of aliphatic hydroxyl groups excluding tert-OH is 1. The summed E-state index contributed by atoms with van der Waals surface area (Å²) >= 11 is 0. The lowest BCUT2D eigenvalue weighted by atomic mass is 10.0. The Morgan fingerprint density at radius 3 is 2.50 bits per heavy atom. The van der Waals surface area contributed by atoms with Gasteiger partial charge in [-0.2, -0.15) is 0 Å². The lowest BCUT2D eigenvalue weighted by Crippen LogP contribution is -2.24. The minimum atomic E-state index is -0.667. The van der Waals surface area contributed by atoms with E-state index in [0.717, 1.165) is 5.56 Å². The van der Waals surface area contributed by atoms with Gasteiger partial charge in [0.25, 0.3) is 0 Å². The van der Waals surface area contributed by atoms with Crippen LogP contribution in [0.1, 0.15) is 25.0 Å². The zero-order valence-electron chi connectivity index (χ0n) is 9.40. The van der Waals surface area contributed by atoms with Crippen LogP contribution in [0, 0.1) is 0 Å². The van der Waals surface area contributed by atoms with Crippen LogP contribution in [0.15, 0.2) is 24.3 Å². The third-order valence-corrected chi connectivity index (χ3v) is 2.27. The number of rotatable bonds is 6. The topological polar surface area (TPSA) is 55.5 Å². The minimum Gasteiger partial charge on any atom is -0.494 e. The van der Waals surface area contributed by atoms with Crippen molar-refractivity contribution in [2.24, 2.45) is 5.73 Å². The summed E-state index contributed by atoms with van der Waals surface area (Å²) in [6.45, 7) is 1.74. The van der Waals surface area contributed by atoms with Crippen LogP contribution in [0.4, 0.5) is 4.39 Å². The molecule has 0 aliphatic carbocycles. The fourth-order valence-corrected chi connectivity index (χ4v) is 1.31. The largest absolute Gasteiger partial charge is 0.494 e. The van der Waals surface area contributed by atoms with Gasteiger partial charge < -0.3 is 15.6 Å². The summed E-state index contributed by atoms with van der Waals surface area (Å²) in [5.41, 5.74) is 6.34. The first-order valence-electron chi connectivity index (χ1n) is 5.37. The van der Waals surface area contributed by atoms with E-state index < -0.39 is 6.10 Å². The molecule has 0 amide bonds. The van der Waals surface area contributed by atoms with Crippen molar-refractivity contribution in [3.63, 3.8) is 0 Å². The van der Waals surface area contributed by atoms with Crippen LogP contribution in [0.5, 0.6) is 5.75 Å². The Kier molecular flexibility index (Phi) is 5.22. The van der Waals surface area contributed by atoms with Gasteiger partial charge in [0, 0.05) is 12.5 Å². The molecular weight excluding hydrogens is 209 g/mol. The van der Waals surface area contributed by atoms with E-state index in [9.17, 15) is 9.50 Å². The monoisotopic (exact) mass is 227 g/mol. The first-order chi connectivity index (χ1) is 7.65. The van der Waals surface area contributed by atoms with Gasteiger partial charge in [0.1, 0.15) is 5.75 Å². The van der Waals surface area contributed by atoms with E-state index in [1.807, 2.05) is 0 Å². The molecule has 1 aromatic carbocycles. The SMILES string of the molecule is CC(N)C(O)c1ccc(OCCCF)cc1. The second-order valence-electron chi connectivity index (χ2n) is 3.76. The van der Waals surface area contributed by atoms with Gasteiger partial charge in [0.05, 0.1) is 19.4 Å². The van der Waals surface area contributed by atoms with E-state index in [1.165, 1.54) is 0 Å². The maximum atomic E-state index is 11.8. The van der Waals surface area contributed by atoms with Gasteiger partial charge in [-0.25, -0.2) is 0 Å². The van der Waals surface area contributed by atoms with Gasteiger partial charge in [-0.3, -0.25) is 4.39 Å². The maximum Gasteiger partial charge on any atom is 0.119 e. The van der Waals surface area contributed by atoms with E-state index >= 15 is 0 Å². The molecule has 0 aliphatic rings. The quantitative estimate of drug-likeness (QED) is 0.729. The summed E-state index contributed by atoms with van der Waals surface area (Å²) in [4.78, 5) is 0. The molecular formula is C12H18FNO2. The number of alkyl halides is 1. The fraction of sp³-hybridized carbons (Fsp3) is 0.500. The molecule has 0 heterocycles. The van der Waals surface area contributed by atoms with Gasteiger partial charge in [-0.15, -0.1) is 0 Å². The number of aliphatic hydroxyl groups is 1. The van der Waals surface area contributed by atoms with Crippen LogP contribution in [-0.2, 0) is 0 Å². The van der Waals surface area contributed by atoms with Crippen molar-refractivity contribution >= 4 is 0 Å². The Morgan fingerprint density at radius 2 is 2.00 bits per heavy atom. The average molecular weight is 227 g/mol. The molecule has 3 N–H and O–H groups in total. The highest BCUT2D eigenvalue weighted by molar-refractivity contribution is 5.29. The molecule has 4 heteroatoms. The molecule has 1 aromatic rings.